The average Bonchev–Trinajstić information content (AvgIpc) is 3.18. The summed E-state index contributed by atoms with van der Waals surface area (Å²) in [6, 6.07) is 6.55. The number of carbonyl (C=O) groups is 1. The van der Waals surface area contributed by atoms with Crippen LogP contribution in [0.5, 0.6) is 0 Å². The van der Waals surface area contributed by atoms with Gasteiger partial charge in [0.15, 0.2) is 0 Å². The van der Waals surface area contributed by atoms with Crippen LogP contribution in [-0.4, -0.2) is 63.9 Å². The lowest BCUT2D eigenvalue weighted by Gasteiger charge is -2.28. The maximum absolute atomic E-state index is 12.3. The van der Waals surface area contributed by atoms with Gasteiger partial charge in [0.2, 0.25) is 6.73 Å². The smallest absolute Gasteiger partial charge is 0.305 e. The Hall–Kier alpha value is -0.740. The monoisotopic (exact) mass is 462 g/mol. The minimum absolute atomic E-state index is 0.0230. The molecule has 29 heavy (non-hydrogen) atoms. The summed E-state index contributed by atoms with van der Waals surface area (Å²) in [4.78, 5) is 12.0. The Morgan fingerprint density at radius 3 is 2.59 bits per heavy atom. The van der Waals surface area contributed by atoms with Crippen LogP contribution >= 0.6 is 21.6 Å². The molecule has 0 aliphatic carbocycles. The van der Waals surface area contributed by atoms with Gasteiger partial charge in [-0.1, -0.05) is 45.7 Å². The summed E-state index contributed by atoms with van der Waals surface area (Å²) in [5.41, 5.74) is 0.985. The van der Waals surface area contributed by atoms with Gasteiger partial charge >= 0.3 is 16.1 Å². The van der Waals surface area contributed by atoms with E-state index in [9.17, 15) is 13.2 Å². The maximum atomic E-state index is 12.3. The Kier molecular flexibility index (Phi) is 9.81. The van der Waals surface area contributed by atoms with Gasteiger partial charge in [0.25, 0.3) is 0 Å². The van der Waals surface area contributed by atoms with E-state index in [1.165, 1.54) is 30.7 Å². The third-order valence-corrected chi connectivity index (χ3v) is 8.98. The van der Waals surface area contributed by atoms with Crippen LogP contribution in [0.1, 0.15) is 37.7 Å². The molecule has 1 atom stereocenters. The number of hydrogen-bond donors (Lipinski definition) is 0. The molecule has 6 nitrogen and oxygen atoms in total. The Bertz CT molecular complexity index is 744. The van der Waals surface area contributed by atoms with Gasteiger partial charge in [0, 0.05) is 17.4 Å². The van der Waals surface area contributed by atoms with Crippen LogP contribution < -0.4 is 0 Å². The number of unbranched alkanes of at least 4 members (excludes halogenated alkanes) is 1. The molecule has 1 aromatic carbocycles. The second-order valence-corrected chi connectivity index (χ2v) is 12.4. The number of hydrogen-bond acceptors (Lipinski definition) is 7. The highest BCUT2D eigenvalue weighted by molar-refractivity contribution is 8.77. The molecule has 2 rings (SSSR count). The minimum Gasteiger partial charge on any atom is -0.460 e. The van der Waals surface area contributed by atoms with Crippen molar-refractivity contribution in [2.75, 3.05) is 39.7 Å². The van der Waals surface area contributed by atoms with Crippen molar-refractivity contribution in [3.05, 3.63) is 29.8 Å². The van der Waals surface area contributed by atoms with Crippen molar-refractivity contribution >= 4 is 37.7 Å². The van der Waals surface area contributed by atoms with Crippen LogP contribution in [0.2, 0.25) is 0 Å². The van der Waals surface area contributed by atoms with Gasteiger partial charge < -0.3 is 9.22 Å². The van der Waals surface area contributed by atoms with Crippen molar-refractivity contribution < 1.29 is 26.6 Å². The summed E-state index contributed by atoms with van der Waals surface area (Å²) >= 11 is 0. The van der Waals surface area contributed by atoms with E-state index in [2.05, 4.69) is 0 Å². The largest absolute Gasteiger partial charge is 0.460 e. The molecule has 0 spiro atoms. The average molecular weight is 463 g/mol. The van der Waals surface area contributed by atoms with Crippen molar-refractivity contribution in [2.45, 2.75) is 49.2 Å². The molecule has 0 amide bonds. The van der Waals surface area contributed by atoms with Crippen molar-refractivity contribution in [1.82, 2.24) is 0 Å². The molecule has 0 radical (unpaired) electrons. The lowest BCUT2D eigenvalue weighted by atomic mass is 10.1. The van der Waals surface area contributed by atoms with Crippen LogP contribution in [0, 0.1) is 6.92 Å². The fraction of sp³-hybridized carbons (Fsp3) is 0.650. The molecule has 1 aliphatic heterocycles. The van der Waals surface area contributed by atoms with E-state index in [4.69, 9.17) is 8.92 Å². The molecule has 1 aliphatic rings. The zero-order valence-corrected chi connectivity index (χ0v) is 19.9. The van der Waals surface area contributed by atoms with E-state index in [1.807, 2.05) is 42.6 Å². The molecule has 0 unspecified atom stereocenters. The van der Waals surface area contributed by atoms with E-state index in [-0.39, 0.29) is 28.7 Å². The van der Waals surface area contributed by atoms with Crippen LogP contribution in [0.3, 0.4) is 0 Å². The highest BCUT2D eigenvalue weighted by Crippen LogP contribution is 2.39. The van der Waals surface area contributed by atoms with E-state index < -0.39 is 10.1 Å². The SMILES string of the molecule is Cc1ccc(S(=O)(=O)OC[N+](C)(C)CCOC(=O)CCCC[C@@H]2CCSS2)cc1. The standard InChI is InChI=1S/C20H32NO5S3/c1-17-8-10-19(11-9-17)29(23,24)26-16-21(2,3)13-14-25-20(22)7-5-4-6-18-12-15-27-28-18/h8-11,18H,4-7,12-16H2,1-3H3/q+1/t18-/m1/s1. The molecule has 164 valence electrons. The molecular weight excluding hydrogens is 430 g/mol. The molecule has 0 N–H and O–H groups in total. The lowest BCUT2D eigenvalue weighted by molar-refractivity contribution is -0.905. The van der Waals surface area contributed by atoms with Crippen LogP contribution in [0.15, 0.2) is 29.2 Å². The summed E-state index contributed by atoms with van der Waals surface area (Å²) in [6.45, 7) is 2.59. The van der Waals surface area contributed by atoms with Crippen LogP contribution in [-0.2, 0) is 23.8 Å². The van der Waals surface area contributed by atoms with Crippen molar-refractivity contribution in [3.8, 4) is 0 Å². The predicted molar refractivity (Wildman–Crippen MR) is 119 cm³/mol. The zero-order chi connectivity index (χ0) is 21.3. The number of carbonyl (C=O) groups excluding carboxylic acids is 1. The van der Waals surface area contributed by atoms with Crippen molar-refractivity contribution in [1.29, 1.82) is 0 Å². The fourth-order valence-electron chi connectivity index (χ4n) is 2.73. The molecule has 9 heteroatoms. The third-order valence-electron chi connectivity index (χ3n) is 4.71. The van der Waals surface area contributed by atoms with E-state index in [0.29, 0.717) is 13.0 Å². The Morgan fingerprint density at radius 2 is 1.93 bits per heavy atom. The first-order chi connectivity index (χ1) is 13.7. The number of ether oxygens (including phenoxy) is 1. The Labute approximate surface area is 182 Å². The van der Waals surface area contributed by atoms with Gasteiger partial charge in [-0.15, -0.1) is 0 Å². The zero-order valence-electron chi connectivity index (χ0n) is 17.5. The van der Waals surface area contributed by atoms with E-state index >= 15 is 0 Å². The second kappa shape index (κ2) is 11.6. The molecule has 1 aromatic rings. The normalized spacial score (nSPS) is 17.4. The first-order valence-corrected chi connectivity index (χ1v) is 13.7. The summed E-state index contributed by atoms with van der Waals surface area (Å²) in [6.07, 6.45) is 4.79. The van der Waals surface area contributed by atoms with Crippen LogP contribution in [0.4, 0.5) is 0 Å². The number of benzene rings is 1. The summed E-state index contributed by atoms with van der Waals surface area (Å²) < 4.78 is 35.4. The maximum Gasteiger partial charge on any atom is 0.305 e. The van der Waals surface area contributed by atoms with E-state index in [0.717, 1.165) is 23.7 Å². The van der Waals surface area contributed by atoms with Crippen LogP contribution in [0.25, 0.3) is 0 Å². The molecule has 1 heterocycles. The number of aryl methyl sites for hydroxylation is 1. The van der Waals surface area contributed by atoms with E-state index in [1.54, 1.807) is 12.1 Å². The number of rotatable bonds is 12. The highest BCUT2D eigenvalue weighted by Gasteiger charge is 2.23. The van der Waals surface area contributed by atoms with Gasteiger partial charge in [0.1, 0.15) is 13.2 Å². The number of quaternary nitrogens is 1. The van der Waals surface area contributed by atoms with Gasteiger partial charge in [-0.3, -0.25) is 4.79 Å². The summed E-state index contributed by atoms with van der Waals surface area (Å²) in [5.74, 6) is 1.05. The second-order valence-electron chi connectivity index (χ2n) is 7.97. The van der Waals surface area contributed by atoms with Gasteiger partial charge in [0.05, 0.1) is 19.0 Å². The van der Waals surface area contributed by atoms with Gasteiger partial charge in [-0.2, -0.15) is 8.42 Å². The van der Waals surface area contributed by atoms with Gasteiger partial charge in [-0.05, 0) is 38.3 Å². The predicted octanol–water partition coefficient (Wildman–Crippen LogP) is 3.99. The van der Waals surface area contributed by atoms with Crippen molar-refractivity contribution in [3.63, 3.8) is 0 Å². The Morgan fingerprint density at radius 1 is 1.21 bits per heavy atom. The highest BCUT2D eigenvalue weighted by atomic mass is 33.1. The number of nitrogens with zero attached hydrogens (tertiary/aromatic N) is 1. The molecular formula is C20H32NO5S3+. The fourth-order valence-corrected chi connectivity index (χ4v) is 6.79. The lowest BCUT2D eigenvalue weighted by Crippen LogP contribution is -2.44. The first kappa shape index (κ1) is 24.5. The quantitative estimate of drug-likeness (QED) is 0.116. The minimum atomic E-state index is -3.80. The molecule has 1 fully saturated rings. The molecule has 0 bridgehead atoms. The Balaban J connectivity index is 1.62. The summed E-state index contributed by atoms with van der Waals surface area (Å²) in [5, 5.41) is 0.741. The molecule has 1 saturated heterocycles. The summed E-state index contributed by atoms with van der Waals surface area (Å²) in [7, 11) is 3.79. The number of esters is 1. The third kappa shape index (κ3) is 9.29. The van der Waals surface area contributed by atoms with Gasteiger partial charge in [-0.25, -0.2) is 4.18 Å². The number of likely N-dealkylation sites (N-methyl/N-ethyl adjacent to an activating group) is 1. The topological polar surface area (TPSA) is 69.7 Å². The van der Waals surface area contributed by atoms with Crippen molar-refractivity contribution in [2.24, 2.45) is 0 Å². The molecule has 0 aromatic heterocycles. The molecule has 0 saturated carbocycles. The first-order valence-electron chi connectivity index (χ1n) is 9.90.